The van der Waals surface area contributed by atoms with Crippen LogP contribution in [0.4, 0.5) is 19.0 Å². The normalized spacial score (nSPS) is 15.7. The summed E-state index contributed by atoms with van der Waals surface area (Å²) in [5.74, 6) is -0.540. The molecule has 1 aromatic rings. The maximum Gasteiger partial charge on any atom is 0.411 e. The quantitative estimate of drug-likeness (QED) is 0.905. The lowest BCUT2D eigenvalue weighted by molar-refractivity contribution is -0.175. The van der Waals surface area contributed by atoms with Crippen LogP contribution in [0.15, 0.2) is 30.1 Å². The molecule has 0 unspecified atom stereocenters. The Kier molecular flexibility index (Phi) is 3.23. The number of halogens is 3. The second-order valence-corrected chi connectivity index (χ2v) is 5.11. The van der Waals surface area contributed by atoms with Crippen molar-refractivity contribution in [3.05, 3.63) is 35.7 Å². The van der Waals surface area contributed by atoms with Gasteiger partial charge in [-0.25, -0.2) is 4.98 Å². The fourth-order valence-corrected chi connectivity index (χ4v) is 1.97. The Labute approximate surface area is 114 Å². The highest BCUT2D eigenvalue weighted by Crippen LogP contribution is 2.40. The first kappa shape index (κ1) is 14.4. The molecular weight excluding hydrogens is 271 g/mol. The Morgan fingerprint density at radius 2 is 2.05 bits per heavy atom. The molecule has 0 atom stereocenters. The lowest BCUT2D eigenvalue weighted by atomic mass is 9.95. The van der Waals surface area contributed by atoms with Gasteiger partial charge in [0, 0.05) is 24.4 Å². The molecule has 2 rings (SSSR count). The molecule has 0 bridgehead atoms. The number of pyridine rings is 1. The summed E-state index contributed by atoms with van der Waals surface area (Å²) < 4.78 is 39.7. The van der Waals surface area contributed by atoms with E-state index in [9.17, 15) is 18.0 Å². The van der Waals surface area contributed by atoms with Crippen molar-refractivity contribution in [1.29, 1.82) is 0 Å². The van der Waals surface area contributed by atoms with E-state index in [4.69, 9.17) is 5.73 Å². The fraction of sp³-hybridized carbons (Fsp3) is 0.385. The van der Waals surface area contributed by atoms with Gasteiger partial charge in [0.05, 0.1) is 0 Å². The number of rotatable bonds is 2. The molecule has 1 amide bonds. The average Bonchev–Trinajstić information content (AvgIpc) is 2.35. The molecule has 0 radical (unpaired) electrons. The van der Waals surface area contributed by atoms with E-state index in [0.29, 0.717) is 5.56 Å². The van der Waals surface area contributed by atoms with E-state index in [-0.39, 0.29) is 17.8 Å². The first-order chi connectivity index (χ1) is 9.14. The molecule has 0 saturated heterocycles. The number of carbonyl (C=O) groups excluding carboxylic acids is 1. The van der Waals surface area contributed by atoms with Gasteiger partial charge < -0.3 is 10.6 Å². The number of hydrogen-bond acceptors (Lipinski definition) is 3. The molecular formula is C13H14F3N3O. The molecule has 4 nitrogen and oxygen atoms in total. The molecule has 20 heavy (non-hydrogen) atoms. The fourth-order valence-electron chi connectivity index (χ4n) is 1.97. The minimum Gasteiger partial charge on any atom is -0.366 e. The molecule has 1 aromatic heterocycles. The topological polar surface area (TPSA) is 59.2 Å². The maximum atomic E-state index is 13.2. The molecule has 0 fully saturated rings. The molecule has 1 aliphatic rings. The summed E-state index contributed by atoms with van der Waals surface area (Å²) in [6, 6.07) is 3.25. The van der Waals surface area contributed by atoms with Crippen LogP contribution in [-0.4, -0.2) is 22.6 Å². The largest absolute Gasteiger partial charge is 0.411 e. The number of hydrogen-bond donors (Lipinski definition) is 1. The smallest absolute Gasteiger partial charge is 0.366 e. The molecule has 1 aliphatic heterocycles. The van der Waals surface area contributed by atoms with Gasteiger partial charge in [-0.2, -0.15) is 13.2 Å². The molecule has 108 valence electrons. The van der Waals surface area contributed by atoms with Crippen LogP contribution in [0.5, 0.6) is 0 Å². The molecule has 0 spiro atoms. The third-order valence-electron chi connectivity index (χ3n) is 3.37. The van der Waals surface area contributed by atoms with Gasteiger partial charge in [0.15, 0.2) is 0 Å². The Balaban J connectivity index is 2.58. The number of fused-ring (bicyclic) bond motifs is 1. The SMILES string of the molecule is CC(C)(N1C=C(C(N)=O)Cc2cccnc21)C(F)(F)F. The zero-order valence-electron chi connectivity index (χ0n) is 11.0. The average molecular weight is 285 g/mol. The first-order valence-electron chi connectivity index (χ1n) is 5.95. The second kappa shape index (κ2) is 4.50. The summed E-state index contributed by atoms with van der Waals surface area (Å²) >= 11 is 0. The number of aromatic nitrogens is 1. The molecule has 2 heterocycles. The Bertz CT molecular complexity index is 578. The van der Waals surface area contributed by atoms with E-state index in [1.165, 1.54) is 6.20 Å². The van der Waals surface area contributed by atoms with Crippen molar-refractivity contribution >= 4 is 11.7 Å². The predicted molar refractivity (Wildman–Crippen MR) is 67.8 cm³/mol. The third kappa shape index (κ3) is 2.23. The summed E-state index contributed by atoms with van der Waals surface area (Å²) in [6.07, 6.45) is -1.74. The van der Waals surface area contributed by atoms with Crippen molar-refractivity contribution in [2.45, 2.75) is 32.0 Å². The highest BCUT2D eigenvalue weighted by atomic mass is 19.4. The minimum atomic E-state index is -4.49. The number of nitrogens with two attached hydrogens (primary N) is 1. The van der Waals surface area contributed by atoms with Gasteiger partial charge in [0.2, 0.25) is 5.91 Å². The van der Waals surface area contributed by atoms with Gasteiger partial charge in [0.1, 0.15) is 11.4 Å². The number of anilines is 1. The van der Waals surface area contributed by atoms with Gasteiger partial charge in [0.25, 0.3) is 0 Å². The van der Waals surface area contributed by atoms with Gasteiger partial charge in [-0.1, -0.05) is 6.07 Å². The van der Waals surface area contributed by atoms with Gasteiger partial charge >= 0.3 is 6.18 Å². The third-order valence-corrected chi connectivity index (χ3v) is 3.37. The van der Waals surface area contributed by atoms with Crippen LogP contribution in [0.3, 0.4) is 0 Å². The summed E-state index contributed by atoms with van der Waals surface area (Å²) in [6.45, 7) is 2.07. The lowest BCUT2D eigenvalue weighted by Gasteiger charge is -2.41. The van der Waals surface area contributed by atoms with Crippen LogP contribution in [0.2, 0.25) is 0 Å². The lowest BCUT2D eigenvalue weighted by Crippen LogP contribution is -2.54. The van der Waals surface area contributed by atoms with Gasteiger partial charge in [-0.3, -0.25) is 4.79 Å². The van der Waals surface area contributed by atoms with Crippen LogP contribution < -0.4 is 10.6 Å². The molecule has 0 saturated carbocycles. The van der Waals surface area contributed by atoms with Crippen LogP contribution in [-0.2, 0) is 11.2 Å². The number of amides is 1. The Hall–Kier alpha value is -2.05. The van der Waals surface area contributed by atoms with Crippen LogP contribution in [0.25, 0.3) is 0 Å². The van der Waals surface area contributed by atoms with Gasteiger partial charge in [-0.15, -0.1) is 0 Å². The van der Waals surface area contributed by atoms with E-state index in [2.05, 4.69) is 4.98 Å². The van der Waals surface area contributed by atoms with Crippen LogP contribution >= 0.6 is 0 Å². The highest BCUT2D eigenvalue weighted by Gasteiger charge is 2.52. The maximum absolute atomic E-state index is 13.2. The molecule has 0 aliphatic carbocycles. The van der Waals surface area contributed by atoms with Crippen LogP contribution in [0, 0.1) is 0 Å². The van der Waals surface area contributed by atoms with E-state index < -0.39 is 17.6 Å². The summed E-state index contributed by atoms with van der Waals surface area (Å²) in [5.41, 5.74) is 3.68. The zero-order valence-corrected chi connectivity index (χ0v) is 11.0. The Morgan fingerprint density at radius 1 is 1.40 bits per heavy atom. The van der Waals surface area contributed by atoms with Crippen LogP contribution in [0.1, 0.15) is 19.4 Å². The van der Waals surface area contributed by atoms with Crippen molar-refractivity contribution in [3.8, 4) is 0 Å². The second-order valence-electron chi connectivity index (χ2n) is 5.11. The van der Waals surface area contributed by atoms with E-state index >= 15 is 0 Å². The number of alkyl halides is 3. The highest BCUT2D eigenvalue weighted by molar-refractivity contribution is 5.94. The predicted octanol–water partition coefficient (Wildman–Crippen LogP) is 2.15. The monoisotopic (exact) mass is 285 g/mol. The van der Waals surface area contributed by atoms with Crippen molar-refractivity contribution in [2.75, 3.05) is 4.90 Å². The summed E-state index contributed by atoms with van der Waals surface area (Å²) in [5, 5.41) is 0. The van der Waals surface area contributed by atoms with E-state index in [0.717, 1.165) is 24.9 Å². The van der Waals surface area contributed by atoms with Gasteiger partial charge in [-0.05, 0) is 25.5 Å². The molecule has 2 N–H and O–H groups in total. The van der Waals surface area contributed by atoms with Crippen molar-refractivity contribution in [3.63, 3.8) is 0 Å². The standard InChI is InChI=1S/C13H14F3N3O/c1-12(2,13(14,15)16)19-7-9(10(17)20)6-8-4-3-5-18-11(8)19/h3-5,7H,6H2,1-2H3,(H2,17,20). The molecule has 0 aromatic carbocycles. The van der Waals surface area contributed by atoms with Crippen molar-refractivity contribution in [2.24, 2.45) is 5.73 Å². The zero-order chi connectivity index (χ0) is 15.1. The van der Waals surface area contributed by atoms with E-state index in [1.807, 2.05) is 0 Å². The number of nitrogens with zero attached hydrogens (tertiary/aromatic N) is 2. The number of primary amides is 1. The van der Waals surface area contributed by atoms with Crippen molar-refractivity contribution < 1.29 is 18.0 Å². The van der Waals surface area contributed by atoms with Crippen molar-refractivity contribution in [1.82, 2.24) is 4.98 Å². The summed E-state index contributed by atoms with van der Waals surface area (Å²) in [4.78, 5) is 16.3. The minimum absolute atomic E-state index is 0.128. The first-order valence-corrected chi connectivity index (χ1v) is 5.95. The molecule has 7 heteroatoms. The number of carbonyl (C=O) groups is 1. The van der Waals surface area contributed by atoms with E-state index in [1.54, 1.807) is 12.1 Å². The Morgan fingerprint density at radius 3 is 2.60 bits per heavy atom. The summed E-state index contributed by atoms with van der Waals surface area (Å²) in [7, 11) is 0.